The SMILES string of the molecule is C1=CC2C=CC=C(c3ccc(C=Cc4ccc(-c5c6ccccc6c(-c6cccc7ccccc67)c6ccccc56)c5ccccc45)c4ccccc34)C2C=C1. The van der Waals surface area contributed by atoms with Crippen LogP contribution >= 0.6 is 0 Å². The van der Waals surface area contributed by atoms with E-state index in [2.05, 4.69) is 218 Å². The molecule has 0 saturated heterocycles. The molecule has 262 valence electrons. The molecule has 9 aromatic rings. The van der Waals surface area contributed by atoms with Gasteiger partial charge >= 0.3 is 0 Å². The van der Waals surface area contributed by atoms with Crippen LogP contribution in [0.3, 0.4) is 0 Å². The maximum absolute atomic E-state index is 2.35. The van der Waals surface area contributed by atoms with E-state index in [0.29, 0.717) is 11.8 Å². The Bertz CT molecular complexity index is 3140. The number of hydrogen-bond acceptors (Lipinski definition) is 0. The van der Waals surface area contributed by atoms with Gasteiger partial charge in [0, 0.05) is 11.8 Å². The fourth-order valence-electron chi connectivity index (χ4n) is 9.52. The molecule has 2 aliphatic carbocycles. The summed E-state index contributed by atoms with van der Waals surface area (Å²) in [7, 11) is 0. The summed E-state index contributed by atoms with van der Waals surface area (Å²) in [5.74, 6) is 0.774. The predicted molar refractivity (Wildman–Crippen MR) is 243 cm³/mol. The van der Waals surface area contributed by atoms with Crippen LogP contribution in [0.15, 0.2) is 206 Å². The Balaban J connectivity index is 1.06. The summed E-state index contributed by atoms with van der Waals surface area (Å²) in [5.41, 5.74) is 10.2. The van der Waals surface area contributed by atoms with Crippen molar-refractivity contribution < 1.29 is 0 Å². The highest BCUT2D eigenvalue weighted by atomic mass is 14.3. The van der Waals surface area contributed by atoms with Crippen molar-refractivity contribution in [2.75, 3.05) is 0 Å². The second-order valence-electron chi connectivity index (χ2n) is 15.1. The zero-order chi connectivity index (χ0) is 37.0. The molecule has 0 spiro atoms. The number of allylic oxidation sites excluding steroid dienone is 8. The summed E-state index contributed by atoms with van der Waals surface area (Å²) in [6.45, 7) is 0. The van der Waals surface area contributed by atoms with Gasteiger partial charge in [0.25, 0.3) is 0 Å². The number of benzene rings is 9. The molecule has 0 nitrogen and oxygen atoms in total. The lowest BCUT2D eigenvalue weighted by Crippen LogP contribution is -2.15. The van der Waals surface area contributed by atoms with Crippen molar-refractivity contribution in [2.45, 2.75) is 0 Å². The lowest BCUT2D eigenvalue weighted by molar-refractivity contribution is 0.678. The van der Waals surface area contributed by atoms with E-state index < -0.39 is 0 Å². The summed E-state index contributed by atoms with van der Waals surface area (Å²) < 4.78 is 0. The van der Waals surface area contributed by atoms with E-state index in [9.17, 15) is 0 Å². The summed E-state index contributed by atoms with van der Waals surface area (Å²) >= 11 is 0. The van der Waals surface area contributed by atoms with Crippen molar-refractivity contribution in [3.05, 3.63) is 223 Å². The molecular formula is C56H38. The van der Waals surface area contributed by atoms with E-state index in [0.717, 1.165) is 0 Å². The van der Waals surface area contributed by atoms with Crippen LogP contribution in [-0.4, -0.2) is 0 Å². The molecule has 0 fully saturated rings. The average Bonchev–Trinajstić information content (AvgIpc) is 3.27. The van der Waals surface area contributed by atoms with E-state index in [1.165, 1.54) is 98.4 Å². The summed E-state index contributed by atoms with van der Waals surface area (Å²) in [6, 6.07) is 60.5. The van der Waals surface area contributed by atoms with Gasteiger partial charge in [-0.15, -0.1) is 0 Å². The van der Waals surface area contributed by atoms with Crippen molar-refractivity contribution in [1.82, 2.24) is 0 Å². The lowest BCUT2D eigenvalue weighted by Gasteiger charge is -2.28. The van der Waals surface area contributed by atoms with Crippen LogP contribution in [-0.2, 0) is 0 Å². The molecule has 0 radical (unpaired) electrons. The van der Waals surface area contributed by atoms with Crippen molar-refractivity contribution in [3.8, 4) is 22.3 Å². The van der Waals surface area contributed by atoms with E-state index >= 15 is 0 Å². The van der Waals surface area contributed by atoms with Crippen LogP contribution in [0.4, 0.5) is 0 Å². The molecule has 0 aliphatic heterocycles. The van der Waals surface area contributed by atoms with Gasteiger partial charge in [0.15, 0.2) is 0 Å². The Morgan fingerprint density at radius 1 is 0.321 bits per heavy atom. The maximum Gasteiger partial charge on any atom is 0.0125 e. The first-order valence-corrected chi connectivity index (χ1v) is 19.7. The molecule has 0 heterocycles. The fourth-order valence-corrected chi connectivity index (χ4v) is 9.52. The molecule has 2 unspecified atom stereocenters. The molecule has 2 aliphatic rings. The fraction of sp³-hybridized carbons (Fsp3) is 0.0357. The van der Waals surface area contributed by atoms with Crippen molar-refractivity contribution in [3.63, 3.8) is 0 Å². The molecule has 56 heavy (non-hydrogen) atoms. The third-order valence-corrected chi connectivity index (χ3v) is 12.1. The highest BCUT2D eigenvalue weighted by Gasteiger charge is 2.25. The second kappa shape index (κ2) is 13.4. The minimum Gasteiger partial charge on any atom is -0.0767 e. The van der Waals surface area contributed by atoms with Crippen LogP contribution in [0.5, 0.6) is 0 Å². The smallest absolute Gasteiger partial charge is 0.0125 e. The third-order valence-electron chi connectivity index (χ3n) is 12.1. The normalized spacial score (nSPS) is 16.4. The van der Waals surface area contributed by atoms with Crippen LogP contribution < -0.4 is 0 Å². The third kappa shape index (κ3) is 5.22. The van der Waals surface area contributed by atoms with Crippen LogP contribution in [0, 0.1) is 11.8 Å². The summed E-state index contributed by atoms with van der Waals surface area (Å²) in [5, 5.41) is 12.7. The van der Waals surface area contributed by atoms with Gasteiger partial charge in [-0.05, 0) is 98.4 Å². The quantitative estimate of drug-likeness (QED) is 0.123. The van der Waals surface area contributed by atoms with Crippen molar-refractivity contribution in [2.24, 2.45) is 11.8 Å². The monoisotopic (exact) mass is 710 g/mol. The van der Waals surface area contributed by atoms with Crippen molar-refractivity contribution in [1.29, 1.82) is 0 Å². The van der Waals surface area contributed by atoms with E-state index in [-0.39, 0.29) is 0 Å². The lowest BCUT2D eigenvalue weighted by atomic mass is 9.76. The van der Waals surface area contributed by atoms with Gasteiger partial charge in [0.05, 0.1) is 0 Å². The average molecular weight is 711 g/mol. The minimum atomic E-state index is 0.364. The van der Waals surface area contributed by atoms with Crippen molar-refractivity contribution >= 4 is 71.6 Å². The zero-order valence-electron chi connectivity index (χ0n) is 30.9. The second-order valence-corrected chi connectivity index (χ2v) is 15.1. The zero-order valence-corrected chi connectivity index (χ0v) is 30.9. The first-order chi connectivity index (χ1) is 27.8. The molecule has 0 bridgehead atoms. The molecular weight excluding hydrogens is 673 g/mol. The van der Waals surface area contributed by atoms with Gasteiger partial charge in [-0.2, -0.15) is 0 Å². The van der Waals surface area contributed by atoms with Crippen LogP contribution in [0.1, 0.15) is 16.7 Å². The number of rotatable bonds is 5. The number of hydrogen-bond donors (Lipinski definition) is 0. The number of fused-ring (bicyclic) bond motifs is 6. The highest BCUT2D eigenvalue weighted by Crippen LogP contribution is 2.47. The van der Waals surface area contributed by atoms with E-state index in [1.54, 1.807) is 0 Å². The maximum atomic E-state index is 2.35. The molecule has 0 heteroatoms. The highest BCUT2D eigenvalue weighted by molar-refractivity contribution is 6.25. The predicted octanol–water partition coefficient (Wildman–Crippen LogP) is 15.3. The van der Waals surface area contributed by atoms with Crippen LogP contribution in [0.25, 0.3) is 93.8 Å². The Kier molecular flexibility index (Phi) is 7.74. The summed E-state index contributed by atoms with van der Waals surface area (Å²) in [4.78, 5) is 0. The standard InChI is InChI=1S/C56H38/c1-3-19-41-37(15-1)17-13-29-46(41)48-35-33-39(42-20-5-7-23-45(42)48)31-32-40-34-36-54(47-24-8-6-21-43(40)47)56-52-27-11-9-25-50(52)55(51-26-10-12-28-53(51)56)49-30-14-18-38-16-2-4-22-44(38)49/h1-37,41H. The molecule has 11 rings (SSSR count). The molecule has 0 aromatic heterocycles. The van der Waals surface area contributed by atoms with E-state index in [1.807, 2.05) is 0 Å². The van der Waals surface area contributed by atoms with Gasteiger partial charge in [0.1, 0.15) is 0 Å². The molecule has 2 atom stereocenters. The Morgan fingerprint density at radius 2 is 0.768 bits per heavy atom. The van der Waals surface area contributed by atoms with Crippen LogP contribution in [0.2, 0.25) is 0 Å². The van der Waals surface area contributed by atoms with Gasteiger partial charge in [0.2, 0.25) is 0 Å². The van der Waals surface area contributed by atoms with Gasteiger partial charge in [-0.1, -0.05) is 218 Å². The Labute approximate surface area is 327 Å². The van der Waals surface area contributed by atoms with Gasteiger partial charge < -0.3 is 0 Å². The topological polar surface area (TPSA) is 0 Å². The van der Waals surface area contributed by atoms with E-state index in [4.69, 9.17) is 0 Å². The summed E-state index contributed by atoms with van der Waals surface area (Å²) in [6.07, 6.45) is 20.5. The molecule has 0 amide bonds. The Morgan fingerprint density at radius 3 is 1.39 bits per heavy atom. The minimum absolute atomic E-state index is 0.364. The van der Waals surface area contributed by atoms with Gasteiger partial charge in [-0.3, -0.25) is 0 Å². The molecule has 0 N–H and O–H groups in total. The largest absolute Gasteiger partial charge is 0.0767 e. The van der Waals surface area contributed by atoms with Gasteiger partial charge in [-0.25, -0.2) is 0 Å². The molecule has 9 aromatic carbocycles. The first kappa shape index (κ1) is 32.4. The molecule has 0 saturated carbocycles. The first-order valence-electron chi connectivity index (χ1n) is 19.7. The Hall–Kier alpha value is -7.02.